The second kappa shape index (κ2) is 7.23. The number of nitrogens with zero attached hydrogens (tertiary/aromatic N) is 1. The zero-order valence-electron chi connectivity index (χ0n) is 14.4. The number of aromatic nitrogens is 2. The van der Waals surface area contributed by atoms with Gasteiger partial charge in [0.05, 0.1) is 12.7 Å². The Morgan fingerprint density at radius 1 is 1.19 bits per heavy atom. The zero-order chi connectivity index (χ0) is 18.7. The zero-order valence-corrected chi connectivity index (χ0v) is 14.4. The van der Waals surface area contributed by atoms with Gasteiger partial charge in [-0.25, -0.2) is 4.98 Å². The molecule has 0 bridgehead atoms. The fourth-order valence-electron chi connectivity index (χ4n) is 2.73. The van der Waals surface area contributed by atoms with Gasteiger partial charge < -0.3 is 14.8 Å². The van der Waals surface area contributed by atoms with Crippen LogP contribution in [0.4, 0.5) is 0 Å². The first-order valence-electron chi connectivity index (χ1n) is 8.05. The Labute approximate surface area is 150 Å². The van der Waals surface area contributed by atoms with Crippen molar-refractivity contribution in [2.24, 2.45) is 0 Å². The van der Waals surface area contributed by atoms with Crippen LogP contribution in [-0.4, -0.2) is 28.0 Å². The lowest BCUT2D eigenvalue weighted by molar-refractivity contribution is 0.102. The van der Waals surface area contributed by atoms with Gasteiger partial charge in [-0.15, -0.1) is 0 Å². The van der Waals surface area contributed by atoms with E-state index in [2.05, 4.69) is 9.97 Å². The summed E-state index contributed by atoms with van der Waals surface area (Å²) in [6, 6.07) is 14.3. The smallest absolute Gasteiger partial charge is 0.293 e. The minimum atomic E-state index is -0.749. The predicted octanol–water partition coefficient (Wildman–Crippen LogP) is 2.61. The molecule has 132 valence electrons. The molecule has 1 heterocycles. The summed E-state index contributed by atoms with van der Waals surface area (Å²) >= 11 is 0. The van der Waals surface area contributed by atoms with E-state index in [-0.39, 0.29) is 11.3 Å². The number of ether oxygens (including phenoxy) is 1. The summed E-state index contributed by atoms with van der Waals surface area (Å²) in [5, 5.41) is 10.1. The molecule has 0 unspecified atom stereocenters. The third-order valence-electron chi connectivity index (χ3n) is 3.96. The number of aromatic amines is 1. The third-order valence-corrected chi connectivity index (χ3v) is 3.96. The largest absolute Gasteiger partial charge is 0.501 e. The maximum absolute atomic E-state index is 12.8. The number of carbonyl (C=O) groups is 1. The number of nitrogens with one attached hydrogen (secondary N) is 1. The molecule has 0 aliphatic carbocycles. The van der Waals surface area contributed by atoms with Gasteiger partial charge in [0.2, 0.25) is 11.5 Å². The number of hydrogen-bond acceptors (Lipinski definition) is 5. The van der Waals surface area contributed by atoms with Crippen molar-refractivity contribution < 1.29 is 14.6 Å². The molecule has 0 radical (unpaired) electrons. The lowest BCUT2D eigenvalue weighted by atomic mass is 10.1. The minimum absolute atomic E-state index is 0.227. The Bertz CT molecular complexity index is 1020. The fourth-order valence-corrected chi connectivity index (χ4v) is 2.73. The molecule has 3 rings (SSSR count). The highest BCUT2D eigenvalue weighted by molar-refractivity contribution is 6.10. The van der Waals surface area contributed by atoms with Gasteiger partial charge in [-0.05, 0) is 24.6 Å². The van der Waals surface area contributed by atoms with Crippen molar-refractivity contribution in [2.75, 3.05) is 7.11 Å². The molecule has 6 heteroatoms. The number of aromatic hydroxyl groups is 1. The predicted molar refractivity (Wildman–Crippen MR) is 96.9 cm³/mol. The van der Waals surface area contributed by atoms with Crippen molar-refractivity contribution in [2.45, 2.75) is 13.3 Å². The monoisotopic (exact) mass is 350 g/mol. The van der Waals surface area contributed by atoms with Gasteiger partial charge in [-0.1, -0.05) is 42.0 Å². The van der Waals surface area contributed by atoms with Gasteiger partial charge in [0, 0.05) is 6.42 Å². The number of hydrogen-bond donors (Lipinski definition) is 2. The van der Waals surface area contributed by atoms with Gasteiger partial charge in [0.1, 0.15) is 11.6 Å². The van der Waals surface area contributed by atoms with Crippen LogP contribution in [0.25, 0.3) is 0 Å². The number of rotatable bonds is 5. The van der Waals surface area contributed by atoms with Crippen LogP contribution in [0.2, 0.25) is 0 Å². The van der Waals surface area contributed by atoms with E-state index in [0.717, 1.165) is 11.1 Å². The Morgan fingerprint density at radius 2 is 1.96 bits per heavy atom. The molecule has 6 nitrogen and oxygen atoms in total. The first kappa shape index (κ1) is 17.4. The molecule has 2 N–H and O–H groups in total. The number of methoxy groups -OCH3 is 1. The van der Waals surface area contributed by atoms with E-state index in [1.165, 1.54) is 7.11 Å². The lowest BCUT2D eigenvalue weighted by Crippen LogP contribution is -2.18. The minimum Gasteiger partial charge on any atom is -0.501 e. The molecule has 2 aromatic carbocycles. The first-order valence-corrected chi connectivity index (χ1v) is 8.05. The molecule has 26 heavy (non-hydrogen) atoms. The van der Waals surface area contributed by atoms with Crippen molar-refractivity contribution in [1.29, 1.82) is 0 Å². The van der Waals surface area contributed by atoms with E-state index < -0.39 is 17.1 Å². The number of aryl methyl sites for hydroxylation is 1. The highest BCUT2D eigenvalue weighted by Gasteiger charge is 2.22. The van der Waals surface area contributed by atoms with Crippen molar-refractivity contribution in [3.8, 4) is 11.5 Å². The first-order chi connectivity index (χ1) is 12.5. The number of ketones is 1. The summed E-state index contributed by atoms with van der Waals surface area (Å²) < 4.78 is 5.18. The Kier molecular flexibility index (Phi) is 4.84. The molecular formula is C20H18N2O4. The third kappa shape index (κ3) is 3.49. The van der Waals surface area contributed by atoms with Crippen LogP contribution in [0.5, 0.6) is 11.5 Å². The summed E-state index contributed by atoms with van der Waals surface area (Å²) in [6.07, 6.45) is 0.337. The van der Waals surface area contributed by atoms with Crippen LogP contribution in [0.3, 0.4) is 0 Å². The van der Waals surface area contributed by atoms with Crippen LogP contribution in [0, 0.1) is 6.92 Å². The Balaban J connectivity index is 2.03. The van der Waals surface area contributed by atoms with Crippen LogP contribution >= 0.6 is 0 Å². The molecule has 0 saturated heterocycles. The molecule has 0 atom stereocenters. The van der Waals surface area contributed by atoms with E-state index in [0.29, 0.717) is 18.0 Å². The van der Waals surface area contributed by atoms with Crippen LogP contribution in [0.15, 0.2) is 53.3 Å². The molecule has 1 aromatic heterocycles. The highest BCUT2D eigenvalue weighted by atomic mass is 16.5. The summed E-state index contributed by atoms with van der Waals surface area (Å²) in [7, 11) is 1.44. The Morgan fingerprint density at radius 3 is 2.69 bits per heavy atom. The average molecular weight is 350 g/mol. The Hall–Kier alpha value is -3.41. The van der Waals surface area contributed by atoms with Crippen molar-refractivity contribution in [1.82, 2.24) is 9.97 Å². The van der Waals surface area contributed by atoms with Crippen molar-refractivity contribution >= 4 is 5.78 Å². The maximum atomic E-state index is 12.8. The molecule has 0 saturated carbocycles. The summed E-state index contributed by atoms with van der Waals surface area (Å²) in [4.78, 5) is 31.6. The molecule has 3 aromatic rings. The summed E-state index contributed by atoms with van der Waals surface area (Å²) in [6.45, 7) is 1.97. The molecule has 0 spiro atoms. The summed E-state index contributed by atoms with van der Waals surface area (Å²) in [5.74, 6) is -0.624. The fraction of sp³-hybridized carbons (Fsp3) is 0.150. The number of para-hydroxylation sites is 1. The average Bonchev–Trinajstić information content (AvgIpc) is 2.64. The highest BCUT2D eigenvalue weighted by Crippen LogP contribution is 2.23. The quantitative estimate of drug-likeness (QED) is 0.690. The SMILES string of the molecule is COc1ccccc1C(=O)c1nc(Cc2cccc(C)c2)[nH]c(=O)c1O. The van der Waals surface area contributed by atoms with E-state index >= 15 is 0 Å². The number of H-pyrrole nitrogens is 1. The molecule has 0 amide bonds. The normalized spacial score (nSPS) is 10.5. The second-order valence-electron chi connectivity index (χ2n) is 5.91. The van der Waals surface area contributed by atoms with Crippen LogP contribution in [-0.2, 0) is 6.42 Å². The summed E-state index contributed by atoms with van der Waals surface area (Å²) in [5.41, 5.74) is 1.20. The lowest BCUT2D eigenvalue weighted by Gasteiger charge is -2.09. The van der Waals surface area contributed by atoms with Crippen LogP contribution in [0.1, 0.15) is 33.0 Å². The maximum Gasteiger partial charge on any atom is 0.293 e. The molecule has 0 fully saturated rings. The van der Waals surface area contributed by atoms with Gasteiger partial charge in [-0.2, -0.15) is 0 Å². The molecular weight excluding hydrogens is 332 g/mol. The second-order valence-corrected chi connectivity index (χ2v) is 5.91. The van der Waals surface area contributed by atoms with Gasteiger partial charge in [-0.3, -0.25) is 9.59 Å². The van der Waals surface area contributed by atoms with Crippen LogP contribution < -0.4 is 10.3 Å². The number of benzene rings is 2. The van der Waals surface area contributed by atoms with Crippen molar-refractivity contribution in [3.63, 3.8) is 0 Å². The topological polar surface area (TPSA) is 92.3 Å². The molecule has 0 aliphatic heterocycles. The van der Waals surface area contributed by atoms with E-state index in [4.69, 9.17) is 4.74 Å². The van der Waals surface area contributed by atoms with Gasteiger partial charge in [0.25, 0.3) is 5.56 Å². The van der Waals surface area contributed by atoms with Crippen molar-refractivity contribution in [3.05, 3.63) is 87.1 Å². The number of carbonyl (C=O) groups excluding carboxylic acids is 1. The van der Waals surface area contributed by atoms with Gasteiger partial charge in [0.15, 0.2) is 5.69 Å². The van der Waals surface area contributed by atoms with E-state index in [9.17, 15) is 14.7 Å². The van der Waals surface area contributed by atoms with Gasteiger partial charge >= 0.3 is 0 Å². The van der Waals surface area contributed by atoms with E-state index in [1.807, 2.05) is 31.2 Å². The molecule has 0 aliphatic rings. The standard InChI is InChI=1S/C20H18N2O4/c1-12-6-5-7-13(10-12)11-16-21-17(19(24)20(25)22-16)18(23)14-8-3-4-9-15(14)26-2/h3-10,24H,11H2,1-2H3,(H,21,22,25). The van der Waals surface area contributed by atoms with E-state index in [1.54, 1.807) is 24.3 Å².